The molecule has 0 bridgehead atoms. The molecule has 3 atom stereocenters. The first kappa shape index (κ1) is 26.2. The Balaban J connectivity index is 1.81. The summed E-state index contributed by atoms with van der Waals surface area (Å²) in [5.74, 6) is -1.95. The van der Waals surface area contributed by atoms with Gasteiger partial charge < -0.3 is 19.7 Å². The summed E-state index contributed by atoms with van der Waals surface area (Å²) in [6.45, 7) is 4.88. The molecule has 1 aromatic heterocycles. The lowest BCUT2D eigenvalue weighted by Gasteiger charge is -2.30. The molecule has 2 heterocycles. The molecular formula is C20H23ClF3N3O6S. The average molecular weight is 526 g/mol. The maximum absolute atomic E-state index is 14.0. The molecule has 1 aromatic carbocycles. The van der Waals surface area contributed by atoms with Crippen molar-refractivity contribution in [1.29, 1.82) is 0 Å². The SMILES string of the molecule is CC(C)(C)OC(=O)N[C@H]1CCS(=O)(CCC(O)(c2noc3cc(Cl)ccc23)C(F)(F)F)=NC1=O. The molecule has 188 valence electrons. The monoisotopic (exact) mass is 525 g/mol. The lowest BCUT2D eigenvalue weighted by molar-refractivity contribution is -0.268. The second-order valence-corrected chi connectivity index (χ2v) is 11.9. The molecule has 14 heteroatoms. The Morgan fingerprint density at radius 1 is 1.35 bits per heavy atom. The first-order valence-electron chi connectivity index (χ1n) is 10.1. The summed E-state index contributed by atoms with van der Waals surface area (Å²) in [6, 6.07) is 2.67. The number of carbonyl (C=O) groups excluding carboxylic acids is 2. The maximum Gasteiger partial charge on any atom is 0.423 e. The number of nitrogens with zero attached hydrogens (tertiary/aromatic N) is 2. The molecule has 0 radical (unpaired) electrons. The number of nitrogens with one attached hydrogen (secondary N) is 1. The van der Waals surface area contributed by atoms with Crippen molar-refractivity contribution in [2.24, 2.45) is 4.36 Å². The molecule has 0 saturated carbocycles. The Bertz CT molecular complexity index is 1230. The fourth-order valence-electron chi connectivity index (χ4n) is 3.34. The van der Waals surface area contributed by atoms with Crippen molar-refractivity contribution >= 4 is 44.3 Å². The summed E-state index contributed by atoms with van der Waals surface area (Å²) in [7, 11) is -3.44. The van der Waals surface area contributed by atoms with Crippen molar-refractivity contribution in [2.45, 2.75) is 57.0 Å². The van der Waals surface area contributed by atoms with Crippen molar-refractivity contribution in [3.63, 3.8) is 0 Å². The highest BCUT2D eigenvalue weighted by molar-refractivity contribution is 7.93. The van der Waals surface area contributed by atoms with E-state index in [9.17, 15) is 32.1 Å². The van der Waals surface area contributed by atoms with Gasteiger partial charge in [-0.05, 0) is 39.3 Å². The number of rotatable bonds is 5. The second kappa shape index (κ2) is 9.00. The van der Waals surface area contributed by atoms with E-state index >= 15 is 0 Å². The van der Waals surface area contributed by atoms with Crippen molar-refractivity contribution in [3.8, 4) is 0 Å². The number of halogens is 4. The van der Waals surface area contributed by atoms with Gasteiger partial charge in [0.2, 0.25) is 5.60 Å². The molecule has 2 amide bonds. The molecule has 2 N–H and O–H groups in total. The predicted octanol–water partition coefficient (Wildman–Crippen LogP) is 3.91. The molecule has 2 unspecified atom stereocenters. The van der Waals surface area contributed by atoms with Gasteiger partial charge in [-0.2, -0.15) is 17.5 Å². The summed E-state index contributed by atoms with van der Waals surface area (Å²) in [5, 5.41) is 16.5. The predicted molar refractivity (Wildman–Crippen MR) is 117 cm³/mol. The minimum absolute atomic E-state index is 0.0667. The summed E-state index contributed by atoms with van der Waals surface area (Å²) in [6.07, 6.45) is -7.28. The smallest absolute Gasteiger partial charge is 0.423 e. The van der Waals surface area contributed by atoms with E-state index in [4.69, 9.17) is 20.9 Å². The summed E-state index contributed by atoms with van der Waals surface area (Å²) in [5.41, 5.74) is -5.20. The first-order chi connectivity index (χ1) is 15.5. The van der Waals surface area contributed by atoms with Gasteiger partial charge in [0.15, 0.2) is 5.58 Å². The fraction of sp³-hybridized carbons (Fsp3) is 0.550. The maximum atomic E-state index is 14.0. The number of amides is 2. The Morgan fingerprint density at radius 2 is 2.03 bits per heavy atom. The van der Waals surface area contributed by atoms with E-state index in [2.05, 4.69) is 14.8 Å². The largest absolute Gasteiger partial charge is 0.444 e. The normalized spacial score (nSPS) is 23.3. The van der Waals surface area contributed by atoms with Crippen LogP contribution in [0.2, 0.25) is 5.02 Å². The highest BCUT2D eigenvalue weighted by Gasteiger charge is 2.57. The molecule has 0 aliphatic carbocycles. The van der Waals surface area contributed by atoms with E-state index in [0.29, 0.717) is 0 Å². The second-order valence-electron chi connectivity index (χ2n) is 8.88. The topological polar surface area (TPSA) is 131 Å². The number of carbonyl (C=O) groups is 2. The minimum atomic E-state index is -5.20. The third-order valence-corrected chi connectivity index (χ3v) is 7.51. The van der Waals surface area contributed by atoms with Crippen molar-refractivity contribution in [3.05, 3.63) is 28.9 Å². The fourth-order valence-corrected chi connectivity index (χ4v) is 5.56. The van der Waals surface area contributed by atoms with E-state index < -0.39 is 63.0 Å². The first-order valence-corrected chi connectivity index (χ1v) is 12.4. The Kier molecular flexibility index (Phi) is 6.95. The highest BCUT2D eigenvalue weighted by Crippen LogP contribution is 2.44. The highest BCUT2D eigenvalue weighted by atomic mass is 35.5. The quantitative estimate of drug-likeness (QED) is 0.605. The molecule has 34 heavy (non-hydrogen) atoms. The van der Waals surface area contributed by atoms with Crippen LogP contribution in [0.1, 0.15) is 39.3 Å². The van der Waals surface area contributed by atoms with Crippen LogP contribution >= 0.6 is 11.6 Å². The van der Waals surface area contributed by atoms with Gasteiger partial charge in [-0.25, -0.2) is 9.00 Å². The van der Waals surface area contributed by atoms with Crippen LogP contribution in [0, 0.1) is 0 Å². The lowest BCUT2D eigenvalue weighted by atomic mass is 9.93. The summed E-state index contributed by atoms with van der Waals surface area (Å²) < 4.78 is 68.5. The van der Waals surface area contributed by atoms with Crippen LogP contribution in [0.3, 0.4) is 0 Å². The van der Waals surface area contributed by atoms with Crippen molar-refractivity contribution in [1.82, 2.24) is 10.5 Å². The molecule has 3 rings (SSSR count). The van der Waals surface area contributed by atoms with Gasteiger partial charge in [-0.15, -0.1) is 0 Å². The zero-order chi connectivity index (χ0) is 25.5. The van der Waals surface area contributed by atoms with E-state index in [1.54, 1.807) is 20.8 Å². The van der Waals surface area contributed by atoms with E-state index in [0.717, 1.165) is 0 Å². The minimum Gasteiger partial charge on any atom is -0.444 e. The van der Waals surface area contributed by atoms with Crippen LogP contribution in [0.15, 0.2) is 27.1 Å². The molecular weight excluding hydrogens is 503 g/mol. The van der Waals surface area contributed by atoms with E-state index in [1.165, 1.54) is 18.2 Å². The number of aromatic nitrogens is 1. The number of hydrogen-bond donors (Lipinski definition) is 2. The number of benzene rings is 1. The number of alkyl carbamates (subject to hydrolysis) is 1. The van der Waals surface area contributed by atoms with Gasteiger partial charge in [0.05, 0.1) is 9.73 Å². The lowest BCUT2D eigenvalue weighted by Crippen LogP contribution is -2.47. The molecule has 0 spiro atoms. The zero-order valence-electron chi connectivity index (χ0n) is 18.4. The average Bonchev–Trinajstić information content (AvgIpc) is 3.09. The number of ether oxygens (including phenoxy) is 1. The van der Waals surface area contributed by atoms with Crippen LogP contribution in [0.5, 0.6) is 0 Å². The Labute approximate surface area is 198 Å². The Morgan fingerprint density at radius 3 is 2.62 bits per heavy atom. The summed E-state index contributed by atoms with van der Waals surface area (Å²) in [4.78, 5) is 24.2. The van der Waals surface area contributed by atoms with Gasteiger partial charge in [0.25, 0.3) is 5.91 Å². The molecule has 1 aliphatic heterocycles. The number of fused-ring (bicyclic) bond motifs is 1. The number of alkyl halides is 3. The summed E-state index contributed by atoms with van der Waals surface area (Å²) >= 11 is 5.81. The van der Waals surface area contributed by atoms with Crippen LogP contribution in [0.4, 0.5) is 18.0 Å². The molecule has 2 aromatic rings. The molecule has 9 nitrogen and oxygen atoms in total. The van der Waals surface area contributed by atoms with Crippen LogP contribution in [-0.4, -0.2) is 55.8 Å². The van der Waals surface area contributed by atoms with Crippen molar-refractivity contribution < 1.29 is 41.3 Å². The zero-order valence-corrected chi connectivity index (χ0v) is 20.0. The Hall–Kier alpha value is -2.38. The van der Waals surface area contributed by atoms with E-state index in [-0.39, 0.29) is 28.2 Å². The molecule has 0 fully saturated rings. The van der Waals surface area contributed by atoms with Gasteiger partial charge in [0.1, 0.15) is 17.3 Å². The molecule has 0 saturated heterocycles. The standard InChI is InChI=1S/C20H23ClF3N3O6S/c1-18(2,3)32-17(29)25-13-6-8-34(31,27-16(13)28)9-7-19(30,20(22,23)24)15-12-5-4-11(21)10-14(12)33-26-15/h4-5,10,13,30H,6-9H2,1-3H3,(H,25,29)/t13-,19?,34?/m0/s1. The van der Waals surface area contributed by atoms with Crippen LogP contribution in [0.25, 0.3) is 11.0 Å². The van der Waals surface area contributed by atoms with Crippen molar-refractivity contribution in [2.75, 3.05) is 11.5 Å². The number of hydrogen-bond acceptors (Lipinski definition) is 7. The van der Waals surface area contributed by atoms with Gasteiger partial charge in [0, 0.05) is 34.4 Å². The third kappa shape index (κ3) is 5.63. The third-order valence-electron chi connectivity index (χ3n) is 5.05. The van der Waals surface area contributed by atoms with E-state index in [1.807, 2.05) is 0 Å². The van der Waals surface area contributed by atoms with Gasteiger partial charge >= 0.3 is 12.3 Å². The van der Waals surface area contributed by atoms with Crippen LogP contribution < -0.4 is 5.32 Å². The van der Waals surface area contributed by atoms with Gasteiger partial charge in [-0.1, -0.05) is 16.8 Å². The number of aliphatic hydroxyl groups is 1. The van der Waals surface area contributed by atoms with Crippen LogP contribution in [-0.2, 0) is 24.9 Å². The van der Waals surface area contributed by atoms with Gasteiger partial charge in [-0.3, -0.25) is 4.79 Å². The molecule has 1 aliphatic rings.